The Morgan fingerprint density at radius 1 is 1.17 bits per heavy atom. The zero-order chi connectivity index (χ0) is 20.2. The number of piperidine rings is 1. The van der Waals surface area contributed by atoms with Crippen molar-refractivity contribution in [1.82, 2.24) is 15.0 Å². The number of likely N-dealkylation sites (tertiary alicyclic amines) is 1. The van der Waals surface area contributed by atoms with Crippen LogP contribution in [0.4, 0.5) is 5.69 Å². The molecule has 1 N–H and O–H groups in total. The van der Waals surface area contributed by atoms with E-state index in [1.165, 1.54) is 5.56 Å². The Labute approximate surface area is 170 Å². The highest BCUT2D eigenvalue weighted by Crippen LogP contribution is 2.23. The number of nitrogens with one attached hydrogen (secondary N) is 1. The summed E-state index contributed by atoms with van der Waals surface area (Å²) in [5.41, 5.74) is 4.12. The maximum Gasteiger partial charge on any atom is 0.241 e. The normalized spacial score (nSPS) is 17.2. The average Bonchev–Trinajstić information content (AvgIpc) is 3.18. The van der Waals surface area contributed by atoms with Crippen LogP contribution < -0.4 is 5.32 Å². The molecule has 1 aliphatic heterocycles. The molecule has 1 fully saturated rings. The van der Waals surface area contributed by atoms with Gasteiger partial charge in [-0.05, 0) is 50.9 Å². The van der Waals surface area contributed by atoms with Gasteiger partial charge < -0.3 is 9.84 Å². The minimum absolute atomic E-state index is 0.0381. The van der Waals surface area contributed by atoms with Gasteiger partial charge in [0.05, 0.1) is 12.5 Å². The fraction of sp³-hybridized carbons (Fsp3) is 0.348. The van der Waals surface area contributed by atoms with Crippen molar-refractivity contribution in [1.29, 1.82) is 0 Å². The number of benzene rings is 2. The van der Waals surface area contributed by atoms with Gasteiger partial charge in [-0.1, -0.05) is 47.1 Å². The topological polar surface area (TPSA) is 71.3 Å². The van der Waals surface area contributed by atoms with Crippen LogP contribution in [0, 0.1) is 19.8 Å². The standard InChI is InChI=1S/C23H26N4O2/c1-16-9-11-19(12-10-16)24-23(28)18-7-5-13-27(14-18)15-21-25-22(26-29-21)20-8-4-3-6-17(20)2/h3-4,6,8-12,18H,5,7,13-15H2,1-2H3,(H,24,28). The second-order valence-corrected chi connectivity index (χ2v) is 7.76. The first-order valence-electron chi connectivity index (χ1n) is 10.1. The third kappa shape index (κ3) is 4.71. The first kappa shape index (κ1) is 19.3. The van der Waals surface area contributed by atoms with Crippen molar-refractivity contribution in [2.24, 2.45) is 5.92 Å². The van der Waals surface area contributed by atoms with Crippen LogP contribution in [0.5, 0.6) is 0 Å². The number of aromatic nitrogens is 2. The van der Waals surface area contributed by atoms with Gasteiger partial charge in [0.2, 0.25) is 17.6 Å². The first-order chi connectivity index (χ1) is 14.1. The van der Waals surface area contributed by atoms with Crippen molar-refractivity contribution < 1.29 is 9.32 Å². The van der Waals surface area contributed by atoms with E-state index in [-0.39, 0.29) is 11.8 Å². The summed E-state index contributed by atoms with van der Waals surface area (Å²) < 4.78 is 5.48. The SMILES string of the molecule is Cc1ccc(NC(=O)C2CCCN(Cc3nc(-c4ccccc4C)no3)C2)cc1. The summed E-state index contributed by atoms with van der Waals surface area (Å²) in [5, 5.41) is 7.18. The lowest BCUT2D eigenvalue weighted by atomic mass is 9.97. The Morgan fingerprint density at radius 2 is 1.97 bits per heavy atom. The fourth-order valence-electron chi connectivity index (χ4n) is 3.74. The van der Waals surface area contributed by atoms with Crippen LogP contribution in [0.25, 0.3) is 11.4 Å². The molecule has 1 aromatic heterocycles. The number of aryl methyl sites for hydroxylation is 2. The van der Waals surface area contributed by atoms with Gasteiger partial charge in [0.15, 0.2) is 0 Å². The van der Waals surface area contributed by atoms with Gasteiger partial charge in [-0.2, -0.15) is 4.98 Å². The van der Waals surface area contributed by atoms with E-state index in [1.54, 1.807) is 0 Å². The van der Waals surface area contributed by atoms with E-state index in [0.29, 0.717) is 24.8 Å². The highest BCUT2D eigenvalue weighted by atomic mass is 16.5. The second kappa shape index (κ2) is 8.57. The number of amides is 1. The molecule has 0 bridgehead atoms. The van der Waals surface area contributed by atoms with E-state index >= 15 is 0 Å². The number of nitrogens with zero attached hydrogens (tertiary/aromatic N) is 3. The van der Waals surface area contributed by atoms with Gasteiger partial charge >= 0.3 is 0 Å². The first-order valence-corrected chi connectivity index (χ1v) is 10.1. The highest BCUT2D eigenvalue weighted by molar-refractivity contribution is 5.92. The Bertz CT molecular complexity index is 981. The average molecular weight is 390 g/mol. The van der Waals surface area contributed by atoms with Crippen LogP contribution in [0.15, 0.2) is 53.1 Å². The minimum atomic E-state index is -0.0381. The van der Waals surface area contributed by atoms with Crippen molar-refractivity contribution in [3.63, 3.8) is 0 Å². The fourth-order valence-corrected chi connectivity index (χ4v) is 3.74. The predicted octanol–water partition coefficient (Wildman–Crippen LogP) is 4.20. The summed E-state index contributed by atoms with van der Waals surface area (Å²) in [4.78, 5) is 19.5. The third-order valence-electron chi connectivity index (χ3n) is 5.41. The number of carbonyl (C=O) groups excluding carboxylic acids is 1. The molecule has 1 saturated heterocycles. The number of anilines is 1. The van der Waals surface area contributed by atoms with Crippen molar-refractivity contribution >= 4 is 11.6 Å². The molecule has 0 aliphatic carbocycles. The molecule has 6 heteroatoms. The molecule has 29 heavy (non-hydrogen) atoms. The van der Waals surface area contributed by atoms with Crippen molar-refractivity contribution in [2.75, 3.05) is 18.4 Å². The molecule has 6 nitrogen and oxygen atoms in total. The van der Waals surface area contributed by atoms with Gasteiger partial charge in [-0.25, -0.2) is 0 Å². The second-order valence-electron chi connectivity index (χ2n) is 7.76. The molecule has 0 saturated carbocycles. The summed E-state index contributed by atoms with van der Waals surface area (Å²) in [6.07, 6.45) is 1.87. The van der Waals surface area contributed by atoms with Crippen molar-refractivity contribution in [3.05, 3.63) is 65.5 Å². The summed E-state index contributed by atoms with van der Waals surface area (Å²) in [6, 6.07) is 15.9. The Balaban J connectivity index is 1.37. The number of hydrogen-bond acceptors (Lipinski definition) is 5. The Hall–Kier alpha value is -2.99. The quantitative estimate of drug-likeness (QED) is 0.707. The van der Waals surface area contributed by atoms with Gasteiger partial charge in [0.25, 0.3) is 0 Å². The van der Waals surface area contributed by atoms with Gasteiger partial charge in [0.1, 0.15) is 0 Å². The summed E-state index contributed by atoms with van der Waals surface area (Å²) in [7, 11) is 0. The van der Waals surface area contributed by atoms with Gasteiger partial charge in [0, 0.05) is 17.8 Å². The van der Waals surface area contributed by atoms with Gasteiger partial charge in [-0.15, -0.1) is 0 Å². The zero-order valence-electron chi connectivity index (χ0n) is 16.9. The molecule has 2 heterocycles. The van der Waals surface area contributed by atoms with Crippen LogP contribution in [0.2, 0.25) is 0 Å². The molecule has 2 aromatic carbocycles. The predicted molar refractivity (Wildman–Crippen MR) is 112 cm³/mol. The third-order valence-corrected chi connectivity index (χ3v) is 5.41. The molecule has 1 aliphatic rings. The minimum Gasteiger partial charge on any atom is -0.338 e. The molecule has 3 aromatic rings. The number of hydrogen-bond donors (Lipinski definition) is 1. The van der Waals surface area contributed by atoms with Gasteiger partial charge in [-0.3, -0.25) is 9.69 Å². The molecule has 1 atom stereocenters. The highest BCUT2D eigenvalue weighted by Gasteiger charge is 2.27. The lowest BCUT2D eigenvalue weighted by Crippen LogP contribution is -2.40. The summed E-state index contributed by atoms with van der Waals surface area (Å²) in [6.45, 7) is 6.25. The monoisotopic (exact) mass is 390 g/mol. The van der Waals surface area contributed by atoms with Crippen molar-refractivity contribution in [3.8, 4) is 11.4 Å². The smallest absolute Gasteiger partial charge is 0.241 e. The summed E-state index contributed by atoms with van der Waals surface area (Å²) in [5.74, 6) is 1.24. The zero-order valence-corrected chi connectivity index (χ0v) is 16.9. The lowest BCUT2D eigenvalue weighted by molar-refractivity contribution is -0.121. The van der Waals surface area contributed by atoms with Crippen LogP contribution in [-0.4, -0.2) is 34.0 Å². The maximum atomic E-state index is 12.7. The summed E-state index contributed by atoms with van der Waals surface area (Å²) >= 11 is 0. The van der Waals surface area contributed by atoms with E-state index < -0.39 is 0 Å². The maximum absolute atomic E-state index is 12.7. The molecule has 1 unspecified atom stereocenters. The Kier molecular flexibility index (Phi) is 5.71. The van der Waals surface area contributed by atoms with Crippen LogP contribution in [0.1, 0.15) is 29.9 Å². The number of rotatable bonds is 5. The molecule has 150 valence electrons. The largest absolute Gasteiger partial charge is 0.338 e. The van der Waals surface area contributed by atoms with Crippen LogP contribution in [-0.2, 0) is 11.3 Å². The molecule has 0 radical (unpaired) electrons. The molecule has 4 rings (SSSR count). The van der Waals surface area contributed by atoms with Crippen molar-refractivity contribution in [2.45, 2.75) is 33.2 Å². The van der Waals surface area contributed by atoms with Crippen LogP contribution in [0.3, 0.4) is 0 Å². The van der Waals surface area contributed by atoms with E-state index in [9.17, 15) is 4.79 Å². The van der Waals surface area contributed by atoms with Crippen LogP contribution >= 0.6 is 0 Å². The van der Waals surface area contributed by atoms with E-state index in [4.69, 9.17) is 4.52 Å². The number of carbonyl (C=O) groups is 1. The van der Waals surface area contributed by atoms with E-state index in [1.807, 2.05) is 62.4 Å². The van der Waals surface area contributed by atoms with E-state index in [2.05, 4.69) is 20.4 Å². The lowest BCUT2D eigenvalue weighted by Gasteiger charge is -2.30. The van der Waals surface area contributed by atoms with E-state index in [0.717, 1.165) is 36.2 Å². The molecular weight excluding hydrogens is 364 g/mol. The molecule has 1 amide bonds. The Morgan fingerprint density at radius 3 is 2.76 bits per heavy atom. The molecule has 0 spiro atoms. The molecular formula is C23H26N4O2.